The number of carboxylic acid groups (broad SMARTS) is 1. The fraction of sp³-hybridized carbons (Fsp3) is 0.545. The van der Waals surface area contributed by atoms with Gasteiger partial charge in [0.15, 0.2) is 0 Å². The first kappa shape index (κ1) is 11.2. The summed E-state index contributed by atoms with van der Waals surface area (Å²) in [5.41, 5.74) is -0.470. The highest BCUT2D eigenvalue weighted by Crippen LogP contribution is 2.23. The SMILES string of the molecule is CC1(O)CCN(Cc2occc2C(=O)O)C1. The van der Waals surface area contributed by atoms with E-state index in [1.165, 1.54) is 12.3 Å². The Morgan fingerprint density at radius 2 is 2.44 bits per heavy atom. The lowest BCUT2D eigenvalue weighted by atomic mass is 10.1. The number of hydrogen-bond donors (Lipinski definition) is 2. The van der Waals surface area contributed by atoms with Gasteiger partial charge in [0.2, 0.25) is 0 Å². The molecule has 5 nitrogen and oxygen atoms in total. The van der Waals surface area contributed by atoms with E-state index in [0.29, 0.717) is 25.3 Å². The van der Waals surface area contributed by atoms with Crippen molar-refractivity contribution < 1.29 is 19.4 Å². The lowest BCUT2D eigenvalue weighted by Crippen LogP contribution is -2.29. The van der Waals surface area contributed by atoms with E-state index in [4.69, 9.17) is 9.52 Å². The fourth-order valence-electron chi connectivity index (χ4n) is 2.03. The predicted octanol–water partition coefficient (Wildman–Crippen LogP) is 0.935. The van der Waals surface area contributed by atoms with Gasteiger partial charge < -0.3 is 14.6 Å². The molecule has 0 spiro atoms. The van der Waals surface area contributed by atoms with Gasteiger partial charge in [-0.3, -0.25) is 4.90 Å². The summed E-state index contributed by atoms with van der Waals surface area (Å²) in [5.74, 6) is -0.528. The highest BCUT2D eigenvalue weighted by atomic mass is 16.4. The number of carbonyl (C=O) groups is 1. The average molecular weight is 225 g/mol. The van der Waals surface area contributed by atoms with Gasteiger partial charge in [0, 0.05) is 13.1 Å². The number of rotatable bonds is 3. The Balaban J connectivity index is 2.05. The Hall–Kier alpha value is -1.33. The molecule has 2 rings (SSSR count). The second-order valence-electron chi connectivity index (χ2n) is 4.52. The van der Waals surface area contributed by atoms with Crippen LogP contribution in [0.5, 0.6) is 0 Å². The van der Waals surface area contributed by atoms with Crippen LogP contribution in [0.25, 0.3) is 0 Å². The molecule has 16 heavy (non-hydrogen) atoms. The van der Waals surface area contributed by atoms with Crippen LogP contribution in [0.4, 0.5) is 0 Å². The van der Waals surface area contributed by atoms with Crippen LogP contribution in [0.3, 0.4) is 0 Å². The van der Waals surface area contributed by atoms with E-state index in [2.05, 4.69) is 0 Å². The standard InChI is InChI=1S/C11H15NO4/c1-11(15)3-4-12(7-11)6-9-8(10(13)14)2-5-16-9/h2,5,15H,3-4,6-7H2,1H3,(H,13,14). The van der Waals surface area contributed by atoms with Gasteiger partial charge in [-0.25, -0.2) is 4.79 Å². The number of nitrogens with zero attached hydrogens (tertiary/aromatic N) is 1. The highest BCUT2D eigenvalue weighted by molar-refractivity contribution is 5.88. The van der Waals surface area contributed by atoms with Gasteiger partial charge in [0.05, 0.1) is 18.4 Å². The molecule has 0 radical (unpaired) electrons. The number of β-amino-alcohol motifs (C(OH)–C–C–N with tert-alkyl or cyclic N) is 1. The Labute approximate surface area is 93.3 Å². The molecule has 1 unspecified atom stereocenters. The van der Waals surface area contributed by atoms with Crippen LogP contribution in [0.2, 0.25) is 0 Å². The molecule has 1 aromatic rings. The lowest BCUT2D eigenvalue weighted by Gasteiger charge is -2.17. The fourth-order valence-corrected chi connectivity index (χ4v) is 2.03. The molecule has 0 amide bonds. The van der Waals surface area contributed by atoms with Crippen molar-refractivity contribution in [1.29, 1.82) is 0 Å². The molecule has 1 saturated heterocycles. The molecule has 0 aliphatic carbocycles. The van der Waals surface area contributed by atoms with Crippen molar-refractivity contribution in [3.8, 4) is 0 Å². The summed E-state index contributed by atoms with van der Waals surface area (Å²) in [6.45, 7) is 3.53. The number of hydrogen-bond acceptors (Lipinski definition) is 4. The predicted molar refractivity (Wildman–Crippen MR) is 56.2 cm³/mol. The molecular weight excluding hydrogens is 210 g/mol. The Bertz CT molecular complexity index is 396. The van der Waals surface area contributed by atoms with Crippen LogP contribution >= 0.6 is 0 Å². The minimum absolute atomic E-state index is 0.201. The van der Waals surface area contributed by atoms with Gasteiger partial charge in [-0.2, -0.15) is 0 Å². The summed E-state index contributed by atoms with van der Waals surface area (Å²) >= 11 is 0. The molecule has 1 aliphatic heterocycles. The maximum atomic E-state index is 10.9. The van der Waals surface area contributed by atoms with E-state index in [1.54, 1.807) is 6.92 Å². The average Bonchev–Trinajstić information content (AvgIpc) is 2.73. The summed E-state index contributed by atoms with van der Waals surface area (Å²) < 4.78 is 5.15. The Morgan fingerprint density at radius 3 is 3.00 bits per heavy atom. The lowest BCUT2D eigenvalue weighted by molar-refractivity contribution is 0.0664. The van der Waals surface area contributed by atoms with Gasteiger partial charge >= 0.3 is 5.97 Å². The van der Waals surface area contributed by atoms with Crippen molar-refractivity contribution in [3.05, 3.63) is 23.7 Å². The van der Waals surface area contributed by atoms with Crippen molar-refractivity contribution in [3.63, 3.8) is 0 Å². The van der Waals surface area contributed by atoms with Crippen molar-refractivity contribution in [1.82, 2.24) is 4.90 Å². The maximum absolute atomic E-state index is 10.9. The zero-order valence-electron chi connectivity index (χ0n) is 9.14. The van der Waals surface area contributed by atoms with Gasteiger partial charge in [-0.05, 0) is 19.4 Å². The number of likely N-dealkylation sites (tertiary alicyclic amines) is 1. The van der Waals surface area contributed by atoms with E-state index < -0.39 is 11.6 Å². The topological polar surface area (TPSA) is 73.9 Å². The van der Waals surface area contributed by atoms with Crippen LogP contribution in [-0.4, -0.2) is 39.8 Å². The van der Waals surface area contributed by atoms with Gasteiger partial charge in [-0.1, -0.05) is 0 Å². The molecule has 0 saturated carbocycles. The zero-order valence-corrected chi connectivity index (χ0v) is 9.14. The second-order valence-corrected chi connectivity index (χ2v) is 4.52. The number of carboxylic acids is 1. The van der Waals surface area contributed by atoms with Crippen molar-refractivity contribution >= 4 is 5.97 Å². The van der Waals surface area contributed by atoms with E-state index in [-0.39, 0.29) is 5.56 Å². The van der Waals surface area contributed by atoms with E-state index in [9.17, 15) is 9.90 Å². The number of aliphatic hydroxyl groups is 1. The quantitative estimate of drug-likeness (QED) is 0.800. The van der Waals surface area contributed by atoms with E-state index >= 15 is 0 Å². The van der Waals surface area contributed by atoms with Crippen molar-refractivity contribution in [2.45, 2.75) is 25.5 Å². The van der Waals surface area contributed by atoms with Crippen molar-refractivity contribution in [2.75, 3.05) is 13.1 Å². The number of aromatic carboxylic acids is 1. The Kier molecular flexibility index (Phi) is 2.73. The molecule has 0 aromatic carbocycles. The summed E-state index contributed by atoms with van der Waals surface area (Å²) in [4.78, 5) is 12.8. The molecule has 1 aliphatic rings. The molecule has 1 atom stereocenters. The van der Waals surface area contributed by atoms with Crippen LogP contribution < -0.4 is 0 Å². The van der Waals surface area contributed by atoms with E-state index in [1.807, 2.05) is 4.90 Å². The summed E-state index contributed by atoms with van der Waals surface area (Å²) in [6, 6.07) is 1.45. The second kappa shape index (κ2) is 3.92. The molecule has 1 fully saturated rings. The molecule has 1 aromatic heterocycles. The monoisotopic (exact) mass is 225 g/mol. The largest absolute Gasteiger partial charge is 0.478 e. The van der Waals surface area contributed by atoms with Gasteiger partial charge in [-0.15, -0.1) is 0 Å². The third-order valence-electron chi connectivity index (χ3n) is 2.87. The van der Waals surface area contributed by atoms with Crippen LogP contribution in [-0.2, 0) is 6.54 Å². The van der Waals surface area contributed by atoms with Crippen LogP contribution in [0.15, 0.2) is 16.7 Å². The first-order chi connectivity index (χ1) is 7.48. The molecule has 0 bridgehead atoms. The van der Waals surface area contributed by atoms with Gasteiger partial charge in [0.25, 0.3) is 0 Å². The molecule has 5 heteroatoms. The third kappa shape index (κ3) is 2.25. The zero-order chi connectivity index (χ0) is 11.8. The maximum Gasteiger partial charge on any atom is 0.339 e. The minimum atomic E-state index is -0.977. The first-order valence-electron chi connectivity index (χ1n) is 5.22. The molecule has 2 heterocycles. The van der Waals surface area contributed by atoms with Crippen molar-refractivity contribution in [2.24, 2.45) is 0 Å². The molecule has 88 valence electrons. The van der Waals surface area contributed by atoms with E-state index in [0.717, 1.165) is 6.54 Å². The third-order valence-corrected chi connectivity index (χ3v) is 2.87. The van der Waals surface area contributed by atoms with Crippen LogP contribution in [0.1, 0.15) is 29.5 Å². The smallest absolute Gasteiger partial charge is 0.339 e. The minimum Gasteiger partial charge on any atom is -0.478 e. The Morgan fingerprint density at radius 1 is 1.69 bits per heavy atom. The summed E-state index contributed by atoms with van der Waals surface area (Å²) in [7, 11) is 0. The first-order valence-corrected chi connectivity index (χ1v) is 5.22. The number of furan rings is 1. The normalized spacial score (nSPS) is 26.1. The molecular formula is C11H15NO4. The highest BCUT2D eigenvalue weighted by Gasteiger charge is 2.32. The summed E-state index contributed by atoms with van der Waals surface area (Å²) in [5, 5.41) is 18.7. The molecule has 2 N–H and O–H groups in total. The van der Waals surface area contributed by atoms with Crippen LogP contribution in [0, 0.1) is 0 Å². The van der Waals surface area contributed by atoms with Gasteiger partial charge in [0.1, 0.15) is 11.3 Å². The summed E-state index contributed by atoms with van der Waals surface area (Å²) in [6.07, 6.45) is 2.09.